The van der Waals surface area contributed by atoms with Crippen LogP contribution in [0.5, 0.6) is 0 Å². The van der Waals surface area contributed by atoms with Crippen LogP contribution in [0.4, 0.5) is 0 Å². The van der Waals surface area contributed by atoms with Crippen molar-refractivity contribution in [2.75, 3.05) is 13.1 Å². The number of amides is 1. The number of rotatable bonds is 0. The molecule has 1 spiro atoms. The van der Waals surface area contributed by atoms with Crippen molar-refractivity contribution < 1.29 is 29.3 Å². The van der Waals surface area contributed by atoms with E-state index >= 15 is 0 Å². The van der Waals surface area contributed by atoms with Crippen molar-refractivity contribution in [3.8, 4) is 0 Å². The highest BCUT2D eigenvalue weighted by Gasteiger charge is 2.82. The molecule has 0 saturated carbocycles. The van der Waals surface area contributed by atoms with Gasteiger partial charge in [-0.1, -0.05) is 0 Å². The standard InChI is InChI=1S/C18H30N2O6/c1-13(2,3)19-10-15(7)17(24,12(19)22)26-18(25-15)11(21)9-20(14(4,5)6)16(18,8)23/h23-24H,9-10H2,1-8H3/t15-,16-,17+,18-/m0/s1. The summed E-state index contributed by atoms with van der Waals surface area (Å²) in [5.41, 5.74) is -4.44. The van der Waals surface area contributed by atoms with Crippen molar-refractivity contribution in [2.24, 2.45) is 0 Å². The Kier molecular flexibility index (Phi) is 3.68. The second kappa shape index (κ2) is 4.86. The summed E-state index contributed by atoms with van der Waals surface area (Å²) in [6, 6.07) is 0. The topological polar surface area (TPSA) is 99.5 Å². The van der Waals surface area contributed by atoms with E-state index in [2.05, 4.69) is 0 Å². The molecular formula is C18H30N2O6. The molecule has 0 aromatic carbocycles. The van der Waals surface area contributed by atoms with Crippen LogP contribution in [0.1, 0.15) is 55.4 Å². The number of nitrogens with zero attached hydrogens (tertiary/aromatic N) is 2. The van der Waals surface area contributed by atoms with Gasteiger partial charge in [-0.25, -0.2) is 0 Å². The molecule has 3 aliphatic rings. The lowest BCUT2D eigenvalue weighted by Crippen LogP contribution is -2.64. The van der Waals surface area contributed by atoms with Crippen molar-refractivity contribution >= 4 is 11.7 Å². The van der Waals surface area contributed by atoms with Crippen LogP contribution in [-0.2, 0) is 19.1 Å². The van der Waals surface area contributed by atoms with Crippen LogP contribution in [-0.4, -0.2) is 78.8 Å². The third-order valence-electron chi connectivity index (χ3n) is 5.81. The lowest BCUT2D eigenvalue weighted by Gasteiger charge is -2.45. The Bertz CT molecular complexity index is 678. The zero-order valence-corrected chi connectivity index (χ0v) is 16.8. The number of likely N-dealkylation sites (tertiary alicyclic amines) is 2. The van der Waals surface area contributed by atoms with Crippen LogP contribution in [0.2, 0.25) is 0 Å². The maximum absolute atomic E-state index is 13.0. The van der Waals surface area contributed by atoms with E-state index in [0.717, 1.165) is 0 Å². The molecule has 3 saturated heterocycles. The van der Waals surface area contributed by atoms with Gasteiger partial charge in [-0.15, -0.1) is 0 Å². The third-order valence-corrected chi connectivity index (χ3v) is 5.81. The lowest BCUT2D eigenvalue weighted by molar-refractivity contribution is -0.311. The Hall–Kier alpha value is -1.06. The Balaban J connectivity index is 2.06. The monoisotopic (exact) mass is 370 g/mol. The molecule has 0 radical (unpaired) electrons. The van der Waals surface area contributed by atoms with Gasteiger partial charge >= 0.3 is 0 Å². The summed E-state index contributed by atoms with van der Waals surface area (Å²) in [7, 11) is 0. The quantitative estimate of drug-likeness (QED) is 0.629. The van der Waals surface area contributed by atoms with Gasteiger partial charge in [-0.2, -0.15) is 0 Å². The van der Waals surface area contributed by atoms with Gasteiger partial charge in [-0.3, -0.25) is 19.2 Å². The smallest absolute Gasteiger partial charge is 0.286 e. The van der Waals surface area contributed by atoms with Crippen LogP contribution in [0.3, 0.4) is 0 Å². The summed E-state index contributed by atoms with van der Waals surface area (Å²) in [6.45, 7) is 14.0. The zero-order chi connectivity index (χ0) is 20.1. The molecular weight excluding hydrogens is 340 g/mol. The van der Waals surface area contributed by atoms with Gasteiger partial charge in [0.2, 0.25) is 5.78 Å². The largest absolute Gasteiger partial charge is 0.370 e. The summed E-state index contributed by atoms with van der Waals surface area (Å²) in [5.74, 6) is -5.64. The molecule has 8 nitrogen and oxygen atoms in total. The average molecular weight is 370 g/mol. The van der Waals surface area contributed by atoms with E-state index < -0.39 is 45.7 Å². The second-order valence-electron chi connectivity index (χ2n) is 9.96. The summed E-state index contributed by atoms with van der Waals surface area (Å²) < 4.78 is 11.7. The molecule has 1 amide bonds. The van der Waals surface area contributed by atoms with E-state index in [1.807, 2.05) is 41.5 Å². The van der Waals surface area contributed by atoms with Gasteiger partial charge in [0.15, 0.2) is 11.3 Å². The van der Waals surface area contributed by atoms with Crippen LogP contribution < -0.4 is 0 Å². The first kappa shape index (κ1) is 19.7. The highest BCUT2D eigenvalue weighted by atomic mass is 16.8. The first-order valence-electron chi connectivity index (χ1n) is 8.91. The number of hydrogen-bond donors (Lipinski definition) is 2. The SMILES string of the molecule is CC(C)(C)N1C[C@]2(C)O[C@]3(O[C@]2(O)C1=O)C(=O)CN(C(C)(C)C)[C@@]3(C)O. The molecule has 2 N–H and O–H groups in total. The summed E-state index contributed by atoms with van der Waals surface area (Å²) in [5, 5.41) is 22.4. The van der Waals surface area contributed by atoms with Gasteiger partial charge < -0.3 is 19.8 Å². The molecule has 3 aliphatic heterocycles. The van der Waals surface area contributed by atoms with E-state index in [1.54, 1.807) is 4.90 Å². The number of Topliss-reactive ketones (excluding diaryl/α,β-unsaturated/α-hetero) is 1. The zero-order valence-electron chi connectivity index (χ0n) is 16.8. The van der Waals surface area contributed by atoms with Crippen molar-refractivity contribution in [1.82, 2.24) is 9.80 Å². The molecule has 0 aromatic heterocycles. The summed E-state index contributed by atoms with van der Waals surface area (Å²) >= 11 is 0. The molecule has 3 fully saturated rings. The van der Waals surface area contributed by atoms with Gasteiger partial charge in [0, 0.05) is 11.1 Å². The van der Waals surface area contributed by atoms with Crippen molar-refractivity contribution in [1.29, 1.82) is 0 Å². The molecule has 3 rings (SSSR count). The van der Waals surface area contributed by atoms with Gasteiger partial charge in [-0.05, 0) is 55.4 Å². The second-order valence-corrected chi connectivity index (χ2v) is 9.96. The summed E-state index contributed by atoms with van der Waals surface area (Å²) in [6.07, 6.45) is 0. The number of carbonyl (C=O) groups excluding carboxylic acids is 2. The third kappa shape index (κ3) is 2.13. The Morgan fingerprint density at radius 1 is 0.962 bits per heavy atom. The minimum atomic E-state index is -2.34. The highest BCUT2D eigenvalue weighted by molar-refractivity contribution is 5.95. The molecule has 148 valence electrons. The fourth-order valence-corrected chi connectivity index (χ4v) is 4.27. The first-order valence-corrected chi connectivity index (χ1v) is 8.91. The first-order chi connectivity index (χ1) is 11.4. The fraction of sp³-hybridized carbons (Fsp3) is 0.889. The number of fused-ring (bicyclic) bond motifs is 1. The highest BCUT2D eigenvalue weighted by Crippen LogP contribution is 2.56. The van der Waals surface area contributed by atoms with E-state index in [4.69, 9.17) is 9.47 Å². The van der Waals surface area contributed by atoms with Gasteiger partial charge in [0.25, 0.3) is 17.5 Å². The predicted molar refractivity (Wildman–Crippen MR) is 91.8 cm³/mol. The average Bonchev–Trinajstić information content (AvgIpc) is 2.87. The number of ketones is 1. The number of hydrogen-bond acceptors (Lipinski definition) is 7. The van der Waals surface area contributed by atoms with Crippen LogP contribution in [0.25, 0.3) is 0 Å². The van der Waals surface area contributed by atoms with Crippen LogP contribution in [0, 0.1) is 0 Å². The number of carbonyl (C=O) groups is 2. The Labute approximate surface area is 154 Å². The fourth-order valence-electron chi connectivity index (χ4n) is 4.27. The predicted octanol–water partition coefficient (Wildman–Crippen LogP) is 0.209. The van der Waals surface area contributed by atoms with E-state index in [1.165, 1.54) is 18.7 Å². The molecule has 0 aliphatic carbocycles. The van der Waals surface area contributed by atoms with Gasteiger partial charge in [0.05, 0.1) is 13.1 Å². The minimum Gasteiger partial charge on any atom is -0.370 e. The molecule has 3 heterocycles. The molecule has 4 atom stereocenters. The van der Waals surface area contributed by atoms with E-state index in [-0.39, 0.29) is 13.1 Å². The molecule has 0 bridgehead atoms. The molecule has 0 aromatic rings. The Morgan fingerprint density at radius 3 is 1.88 bits per heavy atom. The van der Waals surface area contributed by atoms with Crippen molar-refractivity contribution in [3.05, 3.63) is 0 Å². The van der Waals surface area contributed by atoms with Crippen molar-refractivity contribution in [2.45, 2.75) is 89.4 Å². The van der Waals surface area contributed by atoms with Gasteiger partial charge in [0.1, 0.15) is 0 Å². The van der Waals surface area contributed by atoms with E-state index in [9.17, 15) is 19.8 Å². The minimum absolute atomic E-state index is 0.0481. The van der Waals surface area contributed by atoms with Crippen molar-refractivity contribution in [3.63, 3.8) is 0 Å². The van der Waals surface area contributed by atoms with Crippen LogP contribution in [0.15, 0.2) is 0 Å². The maximum Gasteiger partial charge on any atom is 0.286 e. The van der Waals surface area contributed by atoms with Crippen LogP contribution >= 0.6 is 0 Å². The maximum atomic E-state index is 13.0. The summed E-state index contributed by atoms with van der Waals surface area (Å²) in [4.78, 5) is 28.9. The molecule has 26 heavy (non-hydrogen) atoms. The number of ether oxygens (including phenoxy) is 2. The molecule has 8 heteroatoms. The lowest BCUT2D eigenvalue weighted by atomic mass is 9.99. The number of aliphatic hydroxyl groups is 2. The Morgan fingerprint density at radius 2 is 1.50 bits per heavy atom. The molecule has 0 unspecified atom stereocenters. The normalized spacial score (nSPS) is 44.5. The van der Waals surface area contributed by atoms with E-state index in [0.29, 0.717) is 0 Å².